The number of carboxylic acids is 1. The zero-order chi connectivity index (χ0) is 10.9. The Hall–Kier alpha value is -1.98. The lowest BCUT2D eigenvalue weighted by molar-refractivity contribution is -0.131. The molecule has 1 rings (SSSR count). The summed E-state index contributed by atoms with van der Waals surface area (Å²) in [7, 11) is 0. The van der Waals surface area contributed by atoms with E-state index in [-0.39, 0.29) is 0 Å². The van der Waals surface area contributed by atoms with Crippen molar-refractivity contribution >= 4 is 11.8 Å². The predicted molar refractivity (Wildman–Crippen MR) is 40.0 cm³/mol. The maximum absolute atomic E-state index is 12.8. The third-order valence-corrected chi connectivity index (χ3v) is 1.46. The summed E-state index contributed by atoms with van der Waals surface area (Å²) >= 11 is 0. The molecule has 4 nitrogen and oxygen atoms in total. The number of phenolic OH excluding ortho intramolecular Hbond substituents is 1. The molecule has 1 aromatic carbocycles. The van der Waals surface area contributed by atoms with Crippen molar-refractivity contribution in [3.63, 3.8) is 0 Å². The van der Waals surface area contributed by atoms with Crippen LogP contribution < -0.4 is 0 Å². The molecule has 0 spiro atoms. The number of halogens is 2. The van der Waals surface area contributed by atoms with Gasteiger partial charge >= 0.3 is 5.97 Å². The van der Waals surface area contributed by atoms with Crippen molar-refractivity contribution in [1.29, 1.82) is 0 Å². The number of hydrogen-bond acceptors (Lipinski definition) is 3. The molecule has 0 saturated carbocycles. The van der Waals surface area contributed by atoms with Crippen LogP contribution in [0.2, 0.25) is 0 Å². The summed E-state index contributed by atoms with van der Waals surface area (Å²) in [5.74, 6) is -7.09. The number of carboxylic acid groups (broad SMARTS) is 1. The molecule has 6 heteroatoms. The van der Waals surface area contributed by atoms with Gasteiger partial charge in [0.15, 0.2) is 0 Å². The summed E-state index contributed by atoms with van der Waals surface area (Å²) in [6.07, 6.45) is 0. The zero-order valence-electron chi connectivity index (χ0n) is 6.62. The van der Waals surface area contributed by atoms with Crippen LogP contribution in [-0.2, 0) is 4.79 Å². The van der Waals surface area contributed by atoms with Crippen LogP contribution in [0.15, 0.2) is 12.1 Å². The first-order valence-electron chi connectivity index (χ1n) is 3.39. The van der Waals surface area contributed by atoms with Crippen LogP contribution in [0.4, 0.5) is 8.78 Å². The minimum Gasteiger partial charge on any atom is -0.507 e. The van der Waals surface area contributed by atoms with E-state index in [2.05, 4.69) is 0 Å². The lowest BCUT2D eigenvalue weighted by Gasteiger charge is -2.01. The highest BCUT2D eigenvalue weighted by atomic mass is 19.1. The first-order valence-corrected chi connectivity index (χ1v) is 3.39. The summed E-state index contributed by atoms with van der Waals surface area (Å²) in [6, 6.07) is 0.773. The molecular formula is C8H4F2O4. The van der Waals surface area contributed by atoms with Gasteiger partial charge in [0.25, 0.3) is 5.78 Å². The van der Waals surface area contributed by atoms with Crippen molar-refractivity contribution < 1.29 is 28.6 Å². The summed E-state index contributed by atoms with van der Waals surface area (Å²) in [5, 5.41) is 17.2. The molecule has 0 aliphatic heterocycles. The average molecular weight is 202 g/mol. The van der Waals surface area contributed by atoms with Crippen LogP contribution in [0, 0.1) is 11.6 Å². The van der Waals surface area contributed by atoms with Crippen molar-refractivity contribution in [2.45, 2.75) is 0 Å². The standard InChI is InChI=1S/C8H4F2O4/c9-3-1-4(10)6(5(11)2-3)7(12)8(13)14/h1-2,11H,(H,13,14). The van der Waals surface area contributed by atoms with E-state index in [1.807, 2.05) is 0 Å². The first kappa shape index (κ1) is 10.1. The third-order valence-electron chi connectivity index (χ3n) is 1.46. The van der Waals surface area contributed by atoms with Gasteiger partial charge in [-0.3, -0.25) is 4.79 Å². The number of benzene rings is 1. The Balaban J connectivity index is 3.35. The zero-order valence-corrected chi connectivity index (χ0v) is 6.62. The second kappa shape index (κ2) is 3.41. The molecule has 0 aliphatic rings. The van der Waals surface area contributed by atoms with Crippen LogP contribution in [0.1, 0.15) is 10.4 Å². The van der Waals surface area contributed by atoms with Crippen LogP contribution in [0.3, 0.4) is 0 Å². The Morgan fingerprint density at radius 2 is 1.79 bits per heavy atom. The molecule has 0 aliphatic carbocycles. The largest absolute Gasteiger partial charge is 0.507 e. The highest BCUT2D eigenvalue weighted by Crippen LogP contribution is 2.22. The summed E-state index contributed by atoms with van der Waals surface area (Å²) < 4.78 is 25.3. The van der Waals surface area contributed by atoms with Gasteiger partial charge in [0.05, 0.1) is 0 Å². The molecule has 0 atom stereocenters. The Morgan fingerprint density at radius 1 is 1.21 bits per heavy atom. The lowest BCUT2D eigenvalue weighted by atomic mass is 10.1. The second-order valence-electron chi connectivity index (χ2n) is 2.42. The van der Waals surface area contributed by atoms with Crippen molar-refractivity contribution in [2.75, 3.05) is 0 Å². The maximum Gasteiger partial charge on any atom is 0.377 e. The van der Waals surface area contributed by atoms with Crippen molar-refractivity contribution in [3.8, 4) is 5.75 Å². The molecule has 0 unspecified atom stereocenters. The third kappa shape index (κ3) is 1.68. The van der Waals surface area contributed by atoms with E-state index in [4.69, 9.17) is 10.2 Å². The van der Waals surface area contributed by atoms with Crippen LogP contribution >= 0.6 is 0 Å². The minimum absolute atomic E-state index is 0.315. The van der Waals surface area contributed by atoms with Crippen molar-refractivity contribution in [2.24, 2.45) is 0 Å². The van der Waals surface area contributed by atoms with E-state index in [0.29, 0.717) is 12.1 Å². The van der Waals surface area contributed by atoms with Crippen molar-refractivity contribution in [3.05, 3.63) is 29.3 Å². The first-order chi connectivity index (χ1) is 6.43. The molecule has 1 aromatic rings. The minimum atomic E-state index is -1.93. The van der Waals surface area contributed by atoms with E-state index in [9.17, 15) is 18.4 Å². The molecule has 0 aromatic heterocycles. The Labute approximate surface area is 76.4 Å². The molecule has 0 amide bonds. The van der Waals surface area contributed by atoms with Gasteiger partial charge in [-0.2, -0.15) is 0 Å². The number of rotatable bonds is 2. The number of carbonyl (C=O) groups is 2. The fourth-order valence-corrected chi connectivity index (χ4v) is 0.892. The van der Waals surface area contributed by atoms with Gasteiger partial charge in [-0.1, -0.05) is 0 Å². The van der Waals surface area contributed by atoms with Crippen LogP contribution in [0.5, 0.6) is 5.75 Å². The van der Waals surface area contributed by atoms with E-state index in [0.717, 1.165) is 0 Å². The molecule has 0 fully saturated rings. The molecule has 0 heterocycles. The van der Waals surface area contributed by atoms with Gasteiger partial charge in [0.2, 0.25) is 0 Å². The fourth-order valence-electron chi connectivity index (χ4n) is 0.892. The molecule has 0 radical (unpaired) electrons. The van der Waals surface area contributed by atoms with Crippen molar-refractivity contribution in [1.82, 2.24) is 0 Å². The van der Waals surface area contributed by atoms with E-state index in [1.165, 1.54) is 0 Å². The molecule has 0 bridgehead atoms. The number of hydrogen-bond donors (Lipinski definition) is 2. The molecular weight excluding hydrogens is 198 g/mol. The quantitative estimate of drug-likeness (QED) is 0.552. The lowest BCUT2D eigenvalue weighted by Crippen LogP contribution is -2.14. The summed E-state index contributed by atoms with van der Waals surface area (Å²) in [6.45, 7) is 0. The monoisotopic (exact) mass is 202 g/mol. The number of Topliss-reactive ketones (excluding diaryl/α,β-unsaturated/α-hetero) is 1. The van der Waals surface area contributed by atoms with Gasteiger partial charge in [0, 0.05) is 12.1 Å². The number of phenols is 1. The Morgan fingerprint density at radius 3 is 2.21 bits per heavy atom. The highest BCUT2D eigenvalue weighted by Gasteiger charge is 2.23. The topological polar surface area (TPSA) is 74.6 Å². The SMILES string of the molecule is O=C(O)C(=O)c1c(O)cc(F)cc1F. The van der Waals surface area contributed by atoms with Crippen LogP contribution in [0.25, 0.3) is 0 Å². The Kier molecular flexibility index (Phi) is 2.46. The number of ketones is 1. The van der Waals surface area contributed by atoms with E-state index in [1.54, 1.807) is 0 Å². The van der Waals surface area contributed by atoms with Gasteiger partial charge in [-0.15, -0.1) is 0 Å². The van der Waals surface area contributed by atoms with E-state index < -0.39 is 34.7 Å². The van der Waals surface area contributed by atoms with Gasteiger partial charge in [-0.05, 0) is 0 Å². The smallest absolute Gasteiger partial charge is 0.377 e. The summed E-state index contributed by atoms with van der Waals surface area (Å²) in [5.41, 5.74) is -1.04. The fraction of sp³-hybridized carbons (Fsp3) is 0. The molecule has 14 heavy (non-hydrogen) atoms. The summed E-state index contributed by atoms with van der Waals surface area (Å²) in [4.78, 5) is 20.9. The van der Waals surface area contributed by atoms with E-state index >= 15 is 0 Å². The number of aromatic hydroxyl groups is 1. The second-order valence-corrected chi connectivity index (χ2v) is 2.42. The molecule has 0 saturated heterocycles. The number of aliphatic carboxylic acids is 1. The normalized spacial score (nSPS) is 9.86. The number of carbonyl (C=O) groups excluding carboxylic acids is 1. The molecule has 2 N–H and O–H groups in total. The maximum atomic E-state index is 12.8. The van der Waals surface area contributed by atoms with Gasteiger partial charge in [0.1, 0.15) is 22.9 Å². The van der Waals surface area contributed by atoms with Gasteiger partial charge in [-0.25, -0.2) is 13.6 Å². The highest BCUT2D eigenvalue weighted by molar-refractivity contribution is 6.40. The molecule has 74 valence electrons. The van der Waals surface area contributed by atoms with Crippen LogP contribution in [-0.4, -0.2) is 22.0 Å². The van der Waals surface area contributed by atoms with Gasteiger partial charge < -0.3 is 10.2 Å². The average Bonchev–Trinajstić information content (AvgIpc) is 2.01. The predicted octanol–water partition coefficient (Wildman–Crippen LogP) is 0.938. The Bertz CT molecular complexity index is 391.